The number of thioether (sulfide) groups is 1. The molecule has 0 bridgehead atoms. The van der Waals surface area contributed by atoms with Gasteiger partial charge in [0.2, 0.25) is 5.91 Å². The van der Waals surface area contributed by atoms with Crippen LogP contribution in [-0.4, -0.2) is 17.5 Å². The molecule has 0 aromatic heterocycles. The summed E-state index contributed by atoms with van der Waals surface area (Å²) < 4.78 is 40.2. The van der Waals surface area contributed by atoms with Crippen LogP contribution < -0.4 is 10.1 Å². The molecule has 0 saturated carbocycles. The van der Waals surface area contributed by atoms with Crippen molar-refractivity contribution in [3.8, 4) is 5.75 Å². The number of benzene rings is 2. The van der Waals surface area contributed by atoms with Gasteiger partial charge < -0.3 is 10.1 Å². The third-order valence-corrected chi connectivity index (χ3v) is 4.74. The van der Waals surface area contributed by atoms with E-state index >= 15 is 0 Å². The van der Waals surface area contributed by atoms with Gasteiger partial charge >= 0.3 is 6.36 Å². The Morgan fingerprint density at radius 2 is 1.76 bits per heavy atom. The number of carbonyl (C=O) groups excluding carboxylic acids is 1. The molecule has 134 valence electrons. The van der Waals surface area contributed by atoms with E-state index in [0.717, 1.165) is 17.0 Å². The molecule has 0 fully saturated rings. The Morgan fingerprint density at radius 3 is 2.28 bits per heavy atom. The summed E-state index contributed by atoms with van der Waals surface area (Å²) in [5.74, 6) is -0.569. The molecule has 2 rings (SSSR count). The Hall–Kier alpha value is -1.86. The molecule has 3 nitrogen and oxygen atoms in total. The summed E-state index contributed by atoms with van der Waals surface area (Å²) in [5, 5.41) is 2.97. The number of hydrogen-bond donors (Lipinski definition) is 1. The quantitative estimate of drug-likeness (QED) is 0.639. The fourth-order valence-corrected chi connectivity index (χ4v) is 3.04. The largest absolute Gasteiger partial charge is 0.573 e. The maximum Gasteiger partial charge on any atom is 0.573 e. The maximum absolute atomic E-state index is 12.4. The first kappa shape index (κ1) is 19.5. The molecule has 25 heavy (non-hydrogen) atoms. The lowest BCUT2D eigenvalue weighted by Gasteiger charge is -2.15. The van der Waals surface area contributed by atoms with Crippen molar-refractivity contribution in [3.63, 3.8) is 0 Å². The number of hydrogen-bond acceptors (Lipinski definition) is 3. The average Bonchev–Trinajstić information content (AvgIpc) is 2.54. The topological polar surface area (TPSA) is 38.3 Å². The Morgan fingerprint density at radius 1 is 1.16 bits per heavy atom. The number of carbonyl (C=O) groups is 1. The first-order valence-corrected chi connectivity index (χ1v) is 8.61. The third kappa shape index (κ3) is 6.51. The van der Waals surface area contributed by atoms with Crippen LogP contribution in [0.25, 0.3) is 0 Å². The summed E-state index contributed by atoms with van der Waals surface area (Å²) in [6, 6.07) is 12.2. The molecule has 0 radical (unpaired) electrons. The highest BCUT2D eigenvalue weighted by Crippen LogP contribution is 2.28. The van der Waals surface area contributed by atoms with E-state index < -0.39 is 6.36 Å². The van der Waals surface area contributed by atoms with Crippen molar-refractivity contribution < 1.29 is 22.7 Å². The highest BCUT2D eigenvalue weighted by atomic mass is 35.5. The second-order valence-electron chi connectivity index (χ2n) is 5.03. The Kier molecular flexibility index (Phi) is 6.61. The molecular formula is C17H15ClF3NO2S. The Labute approximate surface area is 152 Å². The number of ether oxygens (including phenoxy) is 1. The van der Waals surface area contributed by atoms with Crippen molar-refractivity contribution in [3.05, 3.63) is 53.6 Å². The molecule has 1 atom stereocenters. The van der Waals surface area contributed by atoms with Crippen LogP contribution in [0.5, 0.6) is 5.75 Å². The SMILES string of the molecule is CC[C@H](Sc1ccc(Cl)cc1)C(=O)Nc1ccc(OC(F)(F)F)cc1. The number of amides is 1. The lowest BCUT2D eigenvalue weighted by molar-refractivity contribution is -0.274. The summed E-state index contributed by atoms with van der Waals surface area (Å²) in [5.41, 5.74) is 0.398. The van der Waals surface area contributed by atoms with Gasteiger partial charge in [0.1, 0.15) is 5.75 Å². The molecule has 0 aliphatic rings. The monoisotopic (exact) mass is 389 g/mol. The summed E-state index contributed by atoms with van der Waals surface area (Å²) in [4.78, 5) is 13.3. The summed E-state index contributed by atoms with van der Waals surface area (Å²) in [6.07, 6.45) is -4.15. The highest BCUT2D eigenvalue weighted by molar-refractivity contribution is 8.00. The van der Waals surface area contributed by atoms with Crippen LogP contribution in [0.2, 0.25) is 5.02 Å². The number of halogens is 4. The van der Waals surface area contributed by atoms with Gasteiger partial charge in [-0.2, -0.15) is 0 Å². The Balaban J connectivity index is 1.97. The van der Waals surface area contributed by atoms with Gasteiger partial charge in [-0.15, -0.1) is 24.9 Å². The number of alkyl halides is 3. The maximum atomic E-state index is 12.4. The van der Waals surface area contributed by atoms with Gasteiger partial charge in [-0.25, -0.2) is 0 Å². The van der Waals surface area contributed by atoms with Crippen molar-refractivity contribution in [1.29, 1.82) is 0 Å². The van der Waals surface area contributed by atoms with Crippen molar-refractivity contribution in [2.75, 3.05) is 5.32 Å². The van der Waals surface area contributed by atoms with Crippen molar-refractivity contribution in [1.82, 2.24) is 0 Å². The zero-order valence-electron chi connectivity index (χ0n) is 13.1. The standard InChI is InChI=1S/C17H15ClF3NO2S/c1-2-15(25-14-9-3-11(18)4-10-14)16(23)22-12-5-7-13(8-6-12)24-17(19,20)21/h3-10,15H,2H2,1H3,(H,22,23)/t15-/m0/s1. The molecule has 0 heterocycles. The zero-order chi connectivity index (χ0) is 18.4. The van der Waals surface area contributed by atoms with E-state index in [4.69, 9.17) is 11.6 Å². The minimum atomic E-state index is -4.74. The van der Waals surface area contributed by atoms with Crippen LogP contribution in [0.1, 0.15) is 13.3 Å². The molecule has 8 heteroatoms. The lowest BCUT2D eigenvalue weighted by Crippen LogP contribution is -2.24. The first-order chi connectivity index (χ1) is 11.8. The summed E-state index contributed by atoms with van der Waals surface area (Å²) >= 11 is 7.23. The third-order valence-electron chi connectivity index (χ3n) is 3.11. The fraction of sp³-hybridized carbons (Fsp3) is 0.235. The van der Waals surface area contributed by atoms with Gasteiger partial charge in [0.05, 0.1) is 5.25 Å². The van der Waals surface area contributed by atoms with Crippen molar-refractivity contribution >= 4 is 35.0 Å². The van der Waals surface area contributed by atoms with Gasteiger partial charge in [0.25, 0.3) is 0 Å². The molecule has 0 saturated heterocycles. The molecule has 2 aromatic rings. The predicted octanol–water partition coefficient (Wildman–Crippen LogP) is 5.75. The van der Waals surface area contributed by atoms with Gasteiger partial charge in [-0.3, -0.25) is 4.79 Å². The van der Waals surface area contributed by atoms with E-state index in [0.29, 0.717) is 17.1 Å². The second-order valence-corrected chi connectivity index (χ2v) is 6.74. The van der Waals surface area contributed by atoms with Crippen LogP contribution in [0, 0.1) is 0 Å². The molecule has 1 amide bonds. The molecule has 2 aromatic carbocycles. The summed E-state index contributed by atoms with van der Waals surface area (Å²) in [6.45, 7) is 1.88. The van der Waals surface area contributed by atoms with Crippen LogP contribution in [0.15, 0.2) is 53.4 Å². The van der Waals surface area contributed by atoms with Crippen LogP contribution >= 0.6 is 23.4 Å². The van der Waals surface area contributed by atoms with Crippen LogP contribution in [-0.2, 0) is 4.79 Å². The minimum absolute atomic E-state index is 0.230. The molecule has 0 aliphatic carbocycles. The van der Waals surface area contributed by atoms with E-state index in [-0.39, 0.29) is 16.9 Å². The summed E-state index contributed by atoms with van der Waals surface area (Å²) in [7, 11) is 0. The second kappa shape index (κ2) is 8.49. The lowest BCUT2D eigenvalue weighted by atomic mass is 10.2. The Bertz CT molecular complexity index is 705. The predicted molar refractivity (Wildman–Crippen MR) is 93.1 cm³/mol. The molecule has 0 spiro atoms. The van der Waals surface area contributed by atoms with Crippen LogP contribution in [0.4, 0.5) is 18.9 Å². The van der Waals surface area contributed by atoms with Crippen molar-refractivity contribution in [2.24, 2.45) is 0 Å². The van der Waals surface area contributed by atoms with E-state index in [9.17, 15) is 18.0 Å². The van der Waals surface area contributed by atoms with Gasteiger partial charge in [0.15, 0.2) is 0 Å². The van der Waals surface area contributed by atoms with Crippen LogP contribution in [0.3, 0.4) is 0 Å². The van der Waals surface area contributed by atoms with E-state index in [1.54, 1.807) is 12.1 Å². The fourth-order valence-electron chi connectivity index (χ4n) is 1.96. The number of nitrogens with one attached hydrogen (secondary N) is 1. The van der Waals surface area contributed by atoms with Crippen molar-refractivity contribution in [2.45, 2.75) is 29.9 Å². The molecular weight excluding hydrogens is 375 g/mol. The minimum Gasteiger partial charge on any atom is -0.406 e. The first-order valence-electron chi connectivity index (χ1n) is 7.35. The smallest absolute Gasteiger partial charge is 0.406 e. The van der Waals surface area contributed by atoms with Gasteiger partial charge in [0, 0.05) is 15.6 Å². The number of rotatable bonds is 6. The molecule has 0 aliphatic heterocycles. The zero-order valence-corrected chi connectivity index (χ0v) is 14.7. The molecule has 0 unspecified atom stereocenters. The van der Waals surface area contributed by atoms with E-state index in [2.05, 4.69) is 10.1 Å². The highest BCUT2D eigenvalue weighted by Gasteiger charge is 2.31. The van der Waals surface area contributed by atoms with E-state index in [1.165, 1.54) is 23.9 Å². The van der Waals surface area contributed by atoms with Gasteiger partial charge in [-0.05, 0) is 55.0 Å². The van der Waals surface area contributed by atoms with E-state index in [1.807, 2.05) is 19.1 Å². The molecule has 1 N–H and O–H groups in total. The van der Waals surface area contributed by atoms with Gasteiger partial charge in [-0.1, -0.05) is 18.5 Å². The normalized spacial score (nSPS) is 12.5. The average molecular weight is 390 g/mol. The number of anilines is 1.